The first-order valence-electron chi connectivity index (χ1n) is 12.4. The minimum atomic E-state index is 0.0829. The van der Waals surface area contributed by atoms with Gasteiger partial charge in [-0.15, -0.1) is 0 Å². The van der Waals surface area contributed by atoms with E-state index in [2.05, 4.69) is 70.6 Å². The molecule has 0 saturated heterocycles. The standard InChI is InChI=1S/C32H23N5/c1-2-16-29-24(11-1)32-30(17-8-20-34-32)37(29)31-18-7-15-28(36-31)27-14-6-13-26(35-27)23-10-5-9-22(21-23)25-12-3-4-19-33-25/h1-21,30,32H. The molecule has 176 valence electrons. The van der Waals surface area contributed by atoms with Crippen LogP contribution in [-0.4, -0.2) is 27.2 Å². The fraction of sp³-hybridized carbons (Fsp3) is 0.0625. The largest absolute Gasteiger partial charge is 0.317 e. The maximum atomic E-state index is 5.08. The van der Waals surface area contributed by atoms with Crippen LogP contribution in [0.2, 0.25) is 0 Å². The summed E-state index contributed by atoms with van der Waals surface area (Å²) in [7, 11) is 0. The average molecular weight is 478 g/mol. The number of hydrogen-bond donors (Lipinski definition) is 0. The van der Waals surface area contributed by atoms with Crippen LogP contribution in [0.5, 0.6) is 0 Å². The van der Waals surface area contributed by atoms with Gasteiger partial charge >= 0.3 is 0 Å². The lowest BCUT2D eigenvalue weighted by atomic mass is 10.0. The molecule has 5 aromatic rings. The van der Waals surface area contributed by atoms with Gasteiger partial charge in [-0.25, -0.2) is 9.97 Å². The summed E-state index contributed by atoms with van der Waals surface area (Å²) in [4.78, 5) is 21.6. The van der Waals surface area contributed by atoms with E-state index < -0.39 is 0 Å². The van der Waals surface area contributed by atoms with E-state index in [9.17, 15) is 0 Å². The summed E-state index contributed by atoms with van der Waals surface area (Å²) < 4.78 is 0. The lowest BCUT2D eigenvalue weighted by Crippen LogP contribution is -2.29. The molecule has 0 N–H and O–H groups in total. The first kappa shape index (κ1) is 21.4. The molecule has 3 aromatic heterocycles. The summed E-state index contributed by atoms with van der Waals surface area (Å²) in [5, 5.41) is 0. The van der Waals surface area contributed by atoms with Crippen LogP contribution in [0, 0.1) is 0 Å². The number of anilines is 2. The number of benzene rings is 2. The Morgan fingerprint density at radius 2 is 1.35 bits per heavy atom. The van der Waals surface area contributed by atoms with Crippen LogP contribution >= 0.6 is 0 Å². The second-order valence-corrected chi connectivity index (χ2v) is 9.13. The molecule has 2 aliphatic heterocycles. The lowest BCUT2D eigenvalue weighted by Gasteiger charge is -2.27. The van der Waals surface area contributed by atoms with Crippen molar-refractivity contribution < 1.29 is 0 Å². The highest BCUT2D eigenvalue weighted by Crippen LogP contribution is 2.46. The quantitative estimate of drug-likeness (QED) is 0.278. The Morgan fingerprint density at radius 3 is 2.24 bits per heavy atom. The molecule has 2 atom stereocenters. The first-order valence-corrected chi connectivity index (χ1v) is 12.4. The zero-order valence-electron chi connectivity index (χ0n) is 20.0. The molecule has 2 unspecified atom stereocenters. The molecule has 0 spiro atoms. The number of aliphatic imine (C=N–C) groups is 1. The van der Waals surface area contributed by atoms with Crippen LogP contribution in [0.3, 0.4) is 0 Å². The predicted octanol–water partition coefficient (Wildman–Crippen LogP) is 7.07. The van der Waals surface area contributed by atoms with Crippen LogP contribution in [0.15, 0.2) is 126 Å². The van der Waals surface area contributed by atoms with Crippen molar-refractivity contribution in [3.05, 3.63) is 127 Å². The van der Waals surface area contributed by atoms with Gasteiger partial charge in [0.2, 0.25) is 0 Å². The van der Waals surface area contributed by atoms with Gasteiger partial charge in [0.05, 0.1) is 28.8 Å². The molecule has 0 amide bonds. The van der Waals surface area contributed by atoms with Crippen molar-refractivity contribution >= 4 is 17.7 Å². The van der Waals surface area contributed by atoms with Gasteiger partial charge < -0.3 is 4.90 Å². The minimum Gasteiger partial charge on any atom is -0.317 e. The molecule has 7 rings (SSSR count). The maximum Gasteiger partial charge on any atom is 0.134 e. The number of pyridine rings is 3. The summed E-state index contributed by atoms with van der Waals surface area (Å²) in [6, 6.07) is 35.2. The molecular weight excluding hydrogens is 454 g/mol. The fourth-order valence-corrected chi connectivity index (χ4v) is 5.19. The Bertz CT molecular complexity index is 1660. The zero-order chi connectivity index (χ0) is 24.6. The second-order valence-electron chi connectivity index (χ2n) is 9.13. The Morgan fingerprint density at radius 1 is 0.622 bits per heavy atom. The number of hydrogen-bond acceptors (Lipinski definition) is 5. The Kier molecular flexibility index (Phi) is 5.18. The van der Waals surface area contributed by atoms with Crippen LogP contribution in [0.4, 0.5) is 11.5 Å². The van der Waals surface area contributed by atoms with E-state index in [0.717, 1.165) is 45.4 Å². The van der Waals surface area contributed by atoms with E-state index in [1.807, 2.05) is 67.0 Å². The molecule has 5 heteroatoms. The normalized spacial score (nSPS) is 17.5. The molecule has 2 aliphatic rings. The second kappa shape index (κ2) is 8.95. The molecule has 5 nitrogen and oxygen atoms in total. The fourth-order valence-electron chi connectivity index (χ4n) is 5.19. The topological polar surface area (TPSA) is 54.3 Å². The van der Waals surface area contributed by atoms with Crippen LogP contribution in [0.1, 0.15) is 11.6 Å². The van der Waals surface area contributed by atoms with Gasteiger partial charge in [-0.3, -0.25) is 9.98 Å². The van der Waals surface area contributed by atoms with E-state index in [1.54, 1.807) is 0 Å². The lowest BCUT2D eigenvalue weighted by molar-refractivity contribution is 0.663. The monoisotopic (exact) mass is 477 g/mol. The first-order chi connectivity index (χ1) is 18.3. The van der Waals surface area contributed by atoms with Crippen molar-refractivity contribution in [3.8, 4) is 33.9 Å². The van der Waals surface area contributed by atoms with Gasteiger partial charge in [-0.2, -0.15) is 0 Å². The number of para-hydroxylation sites is 1. The van der Waals surface area contributed by atoms with Crippen molar-refractivity contribution in [3.63, 3.8) is 0 Å². The van der Waals surface area contributed by atoms with Crippen molar-refractivity contribution in [1.82, 2.24) is 15.0 Å². The van der Waals surface area contributed by atoms with Crippen molar-refractivity contribution in [2.75, 3.05) is 4.90 Å². The number of aromatic nitrogens is 3. The van der Waals surface area contributed by atoms with Crippen molar-refractivity contribution in [1.29, 1.82) is 0 Å². The molecule has 37 heavy (non-hydrogen) atoms. The van der Waals surface area contributed by atoms with Gasteiger partial charge in [0, 0.05) is 34.8 Å². The Hall–Kier alpha value is -4.90. The third kappa shape index (κ3) is 3.81. The van der Waals surface area contributed by atoms with Crippen LogP contribution in [0.25, 0.3) is 33.9 Å². The van der Waals surface area contributed by atoms with Crippen molar-refractivity contribution in [2.24, 2.45) is 4.99 Å². The van der Waals surface area contributed by atoms with Gasteiger partial charge in [-0.05, 0) is 54.6 Å². The molecule has 0 fully saturated rings. The van der Waals surface area contributed by atoms with E-state index in [-0.39, 0.29) is 12.1 Å². The smallest absolute Gasteiger partial charge is 0.134 e. The van der Waals surface area contributed by atoms with Gasteiger partial charge in [0.25, 0.3) is 0 Å². The summed E-state index contributed by atoms with van der Waals surface area (Å²) in [6.45, 7) is 0. The number of nitrogens with zero attached hydrogens (tertiary/aromatic N) is 5. The Balaban J connectivity index is 1.26. The number of rotatable bonds is 4. The molecule has 0 aliphatic carbocycles. The van der Waals surface area contributed by atoms with E-state index in [1.165, 1.54) is 5.56 Å². The van der Waals surface area contributed by atoms with E-state index in [4.69, 9.17) is 15.0 Å². The van der Waals surface area contributed by atoms with Gasteiger partial charge in [0.15, 0.2) is 0 Å². The number of dihydropyridines is 1. The molecule has 0 saturated carbocycles. The van der Waals surface area contributed by atoms with Crippen LogP contribution < -0.4 is 4.90 Å². The van der Waals surface area contributed by atoms with Crippen molar-refractivity contribution in [2.45, 2.75) is 12.1 Å². The summed E-state index contributed by atoms with van der Waals surface area (Å²) >= 11 is 0. The number of allylic oxidation sites excluding steroid dienone is 1. The molecule has 0 radical (unpaired) electrons. The Labute approximate surface area is 215 Å². The number of fused-ring (bicyclic) bond motifs is 3. The van der Waals surface area contributed by atoms with E-state index in [0.29, 0.717) is 0 Å². The molecule has 5 heterocycles. The maximum absolute atomic E-state index is 5.08. The highest BCUT2D eigenvalue weighted by molar-refractivity contribution is 5.79. The molecular formula is C32H23N5. The predicted molar refractivity (Wildman–Crippen MR) is 149 cm³/mol. The van der Waals surface area contributed by atoms with Gasteiger partial charge in [0.1, 0.15) is 11.9 Å². The highest BCUT2D eigenvalue weighted by atomic mass is 15.3. The summed E-state index contributed by atoms with van der Waals surface area (Å²) in [6.07, 6.45) is 7.94. The van der Waals surface area contributed by atoms with E-state index >= 15 is 0 Å². The minimum absolute atomic E-state index is 0.0829. The average Bonchev–Trinajstić information content (AvgIpc) is 3.32. The molecule has 0 bridgehead atoms. The SMILES string of the molecule is C1=CC2C(N=C1)c1ccccc1N2c1cccc(-c2cccc(-c3cccc(-c4ccccn4)c3)n2)n1. The third-order valence-corrected chi connectivity index (χ3v) is 6.89. The highest BCUT2D eigenvalue weighted by Gasteiger charge is 2.38. The third-order valence-electron chi connectivity index (χ3n) is 6.89. The molecule has 2 aromatic carbocycles. The zero-order valence-corrected chi connectivity index (χ0v) is 20.0. The van der Waals surface area contributed by atoms with Gasteiger partial charge in [-0.1, -0.05) is 60.7 Å². The summed E-state index contributed by atoms with van der Waals surface area (Å²) in [5.41, 5.74) is 8.01. The van der Waals surface area contributed by atoms with Crippen LogP contribution in [-0.2, 0) is 0 Å². The summed E-state index contributed by atoms with van der Waals surface area (Å²) in [5.74, 6) is 0.892.